The van der Waals surface area contributed by atoms with E-state index in [0.29, 0.717) is 24.0 Å². The number of amides is 3. The fourth-order valence-electron chi connectivity index (χ4n) is 5.45. The monoisotopic (exact) mass is 651 g/mol. The number of hydrogen-bond acceptors (Lipinski definition) is 7. The highest BCUT2D eigenvalue weighted by molar-refractivity contribution is 5.94. The Hall–Kier alpha value is -4.08. The van der Waals surface area contributed by atoms with Crippen molar-refractivity contribution in [2.24, 2.45) is 11.8 Å². The van der Waals surface area contributed by atoms with Crippen LogP contribution in [-0.4, -0.2) is 63.2 Å². The Labute approximate surface area is 279 Å². The molecular formula is C37H53N3O7. The Kier molecular flexibility index (Phi) is 12.1. The number of aromatic hydroxyl groups is 1. The van der Waals surface area contributed by atoms with Gasteiger partial charge in [0.25, 0.3) is 0 Å². The molecule has 0 saturated heterocycles. The van der Waals surface area contributed by atoms with Crippen molar-refractivity contribution in [3.63, 3.8) is 0 Å². The van der Waals surface area contributed by atoms with Gasteiger partial charge in [0, 0.05) is 12.5 Å². The Morgan fingerprint density at radius 2 is 1.51 bits per heavy atom. The van der Waals surface area contributed by atoms with Crippen LogP contribution in [0.5, 0.6) is 5.75 Å². The van der Waals surface area contributed by atoms with Crippen LogP contribution in [0.15, 0.2) is 48.5 Å². The van der Waals surface area contributed by atoms with E-state index < -0.39 is 53.2 Å². The molecule has 3 rings (SSSR count). The first-order valence-electron chi connectivity index (χ1n) is 16.4. The summed E-state index contributed by atoms with van der Waals surface area (Å²) in [5, 5.41) is 16.0. The van der Waals surface area contributed by atoms with E-state index in [0.717, 1.165) is 5.56 Å². The molecule has 0 bridgehead atoms. The van der Waals surface area contributed by atoms with Crippen LogP contribution in [0.4, 0.5) is 4.79 Å². The summed E-state index contributed by atoms with van der Waals surface area (Å²) in [6.45, 7) is 18.1. The molecule has 3 amide bonds. The number of carbonyl (C=O) groups excluding carboxylic acids is 4. The van der Waals surface area contributed by atoms with Crippen LogP contribution in [0.2, 0.25) is 0 Å². The van der Waals surface area contributed by atoms with Gasteiger partial charge in [0.15, 0.2) is 0 Å². The first-order valence-corrected chi connectivity index (χ1v) is 16.4. The molecular weight excluding hydrogens is 598 g/mol. The lowest BCUT2D eigenvalue weighted by atomic mass is 9.97. The zero-order chi connectivity index (χ0) is 35.3. The molecule has 1 fully saturated rings. The van der Waals surface area contributed by atoms with E-state index >= 15 is 0 Å². The number of ether oxygens (including phenoxy) is 2. The highest BCUT2D eigenvalue weighted by Gasteiger charge is 2.49. The molecule has 2 aromatic carbocycles. The molecule has 10 heteroatoms. The fourth-order valence-corrected chi connectivity index (χ4v) is 5.45. The maximum absolute atomic E-state index is 14.6. The van der Waals surface area contributed by atoms with Crippen molar-refractivity contribution in [2.45, 2.75) is 124 Å². The Balaban J connectivity index is 2.09. The number of rotatable bonds is 12. The molecule has 10 nitrogen and oxygen atoms in total. The minimum Gasteiger partial charge on any atom is -0.508 e. The molecule has 2 aromatic rings. The number of aryl methyl sites for hydroxylation is 1. The number of nitrogens with one attached hydrogen (secondary N) is 2. The van der Waals surface area contributed by atoms with Crippen LogP contribution in [0, 0.1) is 18.8 Å². The van der Waals surface area contributed by atoms with E-state index in [-0.39, 0.29) is 30.0 Å². The lowest BCUT2D eigenvalue weighted by molar-refractivity contribution is -0.159. The Morgan fingerprint density at radius 1 is 0.915 bits per heavy atom. The lowest BCUT2D eigenvalue weighted by Gasteiger charge is -2.36. The maximum Gasteiger partial charge on any atom is 0.408 e. The van der Waals surface area contributed by atoms with Gasteiger partial charge in [-0.1, -0.05) is 57.2 Å². The molecule has 1 aliphatic rings. The van der Waals surface area contributed by atoms with Gasteiger partial charge in [-0.25, -0.2) is 9.59 Å². The minimum atomic E-state index is -1.17. The maximum atomic E-state index is 14.6. The molecule has 0 spiro atoms. The lowest BCUT2D eigenvalue weighted by Crippen LogP contribution is -2.56. The van der Waals surface area contributed by atoms with Crippen LogP contribution < -0.4 is 10.6 Å². The van der Waals surface area contributed by atoms with Crippen LogP contribution in [0.25, 0.3) is 0 Å². The summed E-state index contributed by atoms with van der Waals surface area (Å²) in [4.78, 5) is 57.2. The van der Waals surface area contributed by atoms with E-state index in [1.807, 2.05) is 51.1 Å². The molecule has 0 radical (unpaired) electrons. The van der Waals surface area contributed by atoms with E-state index in [2.05, 4.69) is 10.6 Å². The van der Waals surface area contributed by atoms with Crippen molar-refractivity contribution in [3.05, 3.63) is 65.2 Å². The smallest absolute Gasteiger partial charge is 0.408 e. The van der Waals surface area contributed by atoms with Crippen LogP contribution in [-0.2, 0) is 30.3 Å². The normalized spacial score (nSPS) is 18.0. The summed E-state index contributed by atoms with van der Waals surface area (Å²) >= 11 is 0. The predicted octanol–water partition coefficient (Wildman–Crippen LogP) is 5.99. The molecule has 47 heavy (non-hydrogen) atoms. The largest absolute Gasteiger partial charge is 0.508 e. The summed E-state index contributed by atoms with van der Waals surface area (Å²) in [6.07, 6.45) is 0.419. The molecule has 0 heterocycles. The third kappa shape index (κ3) is 11.3. The van der Waals surface area contributed by atoms with Gasteiger partial charge in [-0.15, -0.1) is 0 Å². The van der Waals surface area contributed by atoms with Crippen molar-refractivity contribution in [1.82, 2.24) is 15.5 Å². The number of hydrogen-bond donors (Lipinski definition) is 3. The van der Waals surface area contributed by atoms with Crippen molar-refractivity contribution in [2.75, 3.05) is 0 Å². The zero-order valence-corrected chi connectivity index (χ0v) is 29.5. The first-order chi connectivity index (χ1) is 21.8. The number of alkyl carbamates (subject to hydrolysis) is 1. The van der Waals surface area contributed by atoms with Crippen LogP contribution in [0.3, 0.4) is 0 Å². The summed E-state index contributed by atoms with van der Waals surface area (Å²) in [7, 11) is 0. The van der Waals surface area contributed by atoms with Gasteiger partial charge in [0.05, 0.1) is 0 Å². The topological polar surface area (TPSA) is 134 Å². The number of esters is 1. The van der Waals surface area contributed by atoms with Crippen LogP contribution in [0.1, 0.15) is 97.9 Å². The molecule has 0 aliphatic heterocycles. The molecule has 3 N–H and O–H groups in total. The standard InChI is InChI=1S/C37H53N3O7/c1-22(2)18-27(39-35(45)47-37(8,9)10)33(43)40(29-20-23(29)3)31(26-16-17-30(41)24(4)19-26)32(42)38-28(34(44)46-36(5,6)7)21-25-14-12-11-13-15-25/h11-17,19,22-23,27-29,31,41H,18,20-21H2,1-10H3,(H,38,42)(H,39,45). The van der Waals surface area contributed by atoms with Gasteiger partial charge in [0.2, 0.25) is 11.8 Å². The number of phenols is 1. The van der Waals surface area contributed by atoms with E-state index in [4.69, 9.17) is 9.47 Å². The SMILES string of the molecule is Cc1cc(C(C(=O)NC(Cc2ccccc2)C(=O)OC(C)(C)C)N(C(=O)C(CC(C)C)NC(=O)OC(C)(C)C)C2CC2C)ccc1O. The molecule has 258 valence electrons. The van der Waals surface area contributed by atoms with Gasteiger partial charge in [0.1, 0.15) is 35.1 Å². The van der Waals surface area contributed by atoms with Crippen molar-refractivity contribution < 1.29 is 33.8 Å². The fraction of sp³-hybridized carbons (Fsp3) is 0.568. The molecule has 5 unspecified atom stereocenters. The second-order valence-corrected chi connectivity index (χ2v) is 15.1. The van der Waals surface area contributed by atoms with Crippen LogP contribution >= 0.6 is 0 Å². The molecule has 0 aromatic heterocycles. The third-order valence-corrected chi connectivity index (χ3v) is 7.73. The van der Waals surface area contributed by atoms with Crippen molar-refractivity contribution in [3.8, 4) is 5.75 Å². The summed E-state index contributed by atoms with van der Waals surface area (Å²) in [5.74, 6) is -1.43. The second kappa shape index (κ2) is 15.2. The second-order valence-electron chi connectivity index (χ2n) is 15.1. The summed E-state index contributed by atoms with van der Waals surface area (Å²) in [5.41, 5.74) is 0.237. The Morgan fingerprint density at radius 3 is 2.02 bits per heavy atom. The number of carbonyl (C=O) groups is 4. The van der Waals surface area contributed by atoms with Gasteiger partial charge in [-0.2, -0.15) is 0 Å². The zero-order valence-electron chi connectivity index (χ0n) is 29.5. The average molecular weight is 652 g/mol. The average Bonchev–Trinajstić information content (AvgIpc) is 3.66. The Bertz CT molecular complexity index is 1410. The quantitative estimate of drug-likeness (QED) is 0.240. The van der Waals surface area contributed by atoms with Gasteiger partial charge in [-0.05, 0) is 102 Å². The summed E-state index contributed by atoms with van der Waals surface area (Å²) in [6, 6.07) is 10.6. The van der Waals surface area contributed by atoms with Gasteiger partial charge >= 0.3 is 12.1 Å². The minimum absolute atomic E-state index is 0.0305. The third-order valence-electron chi connectivity index (χ3n) is 7.73. The van der Waals surface area contributed by atoms with E-state index in [1.54, 1.807) is 65.5 Å². The number of benzene rings is 2. The molecule has 1 saturated carbocycles. The summed E-state index contributed by atoms with van der Waals surface area (Å²) < 4.78 is 11.2. The molecule has 1 aliphatic carbocycles. The van der Waals surface area contributed by atoms with Gasteiger partial charge in [-0.3, -0.25) is 9.59 Å². The molecule has 5 atom stereocenters. The number of nitrogens with zero attached hydrogens (tertiary/aromatic N) is 1. The van der Waals surface area contributed by atoms with Crippen molar-refractivity contribution >= 4 is 23.9 Å². The predicted molar refractivity (Wildman–Crippen MR) is 181 cm³/mol. The van der Waals surface area contributed by atoms with Crippen molar-refractivity contribution in [1.29, 1.82) is 0 Å². The number of phenolic OH excluding ortho intramolecular Hbond substituents is 1. The van der Waals surface area contributed by atoms with E-state index in [9.17, 15) is 24.3 Å². The highest BCUT2D eigenvalue weighted by atomic mass is 16.6. The first kappa shape index (κ1) is 37.4. The highest BCUT2D eigenvalue weighted by Crippen LogP contribution is 2.41. The van der Waals surface area contributed by atoms with Gasteiger partial charge < -0.3 is 30.1 Å². The van der Waals surface area contributed by atoms with E-state index in [1.165, 1.54) is 6.07 Å².